The van der Waals surface area contributed by atoms with Gasteiger partial charge in [0.05, 0.1) is 30.9 Å². The van der Waals surface area contributed by atoms with Gasteiger partial charge in [-0.15, -0.1) is 0 Å². The van der Waals surface area contributed by atoms with Crippen LogP contribution in [0.15, 0.2) is 78.1 Å². The molecule has 4 rings (SSSR count). The maximum Gasteiger partial charge on any atom is 0.238 e. The highest BCUT2D eigenvalue weighted by atomic mass is 32.2. The summed E-state index contributed by atoms with van der Waals surface area (Å²) in [6, 6.07) is 20.9. The van der Waals surface area contributed by atoms with E-state index in [0.29, 0.717) is 11.0 Å². The lowest BCUT2D eigenvalue weighted by Gasteiger charge is -2.09. The van der Waals surface area contributed by atoms with Crippen LogP contribution < -0.4 is 14.8 Å². The van der Waals surface area contributed by atoms with Crippen molar-refractivity contribution in [1.29, 1.82) is 0 Å². The van der Waals surface area contributed by atoms with Crippen molar-refractivity contribution in [1.82, 2.24) is 15.0 Å². The van der Waals surface area contributed by atoms with Crippen LogP contribution in [-0.2, 0) is 4.79 Å². The fourth-order valence-electron chi connectivity index (χ4n) is 3.22. The molecule has 168 valence electrons. The third-order valence-electron chi connectivity index (χ3n) is 5.00. The third-order valence-corrected chi connectivity index (χ3v) is 5.98. The number of ether oxygens (including phenoxy) is 2. The molecule has 0 fully saturated rings. The molecule has 0 saturated carbocycles. The minimum Gasteiger partial charge on any atom is -0.497 e. The van der Waals surface area contributed by atoms with Crippen LogP contribution in [0.1, 0.15) is 6.92 Å². The zero-order valence-electron chi connectivity index (χ0n) is 18.5. The highest BCUT2D eigenvalue weighted by Gasteiger charge is 2.20. The lowest BCUT2D eigenvalue weighted by molar-refractivity contribution is -0.115. The van der Waals surface area contributed by atoms with Crippen molar-refractivity contribution in [2.45, 2.75) is 17.3 Å². The summed E-state index contributed by atoms with van der Waals surface area (Å²) in [7, 11) is 3.28. The standard InChI is InChI=1S/C25H24N4O3S/c1-16(24(30)27-21-6-4-5-15-26-21)33-25-28-22(17-7-11-19(31-2)12-8-17)23(29-25)18-9-13-20(32-3)14-10-18/h4-16H,1-3H3,(H,28,29)(H,26,27,30). The number of anilines is 1. The Morgan fingerprint density at radius 2 is 1.58 bits per heavy atom. The van der Waals surface area contributed by atoms with Gasteiger partial charge in [-0.1, -0.05) is 17.8 Å². The fourth-order valence-corrected chi connectivity index (χ4v) is 4.02. The number of imidazole rings is 1. The van der Waals surface area contributed by atoms with Crippen molar-refractivity contribution in [2.24, 2.45) is 0 Å². The SMILES string of the molecule is COc1ccc(-c2nc(SC(C)C(=O)Nc3ccccn3)[nH]c2-c2ccc(OC)cc2)cc1. The lowest BCUT2D eigenvalue weighted by atomic mass is 10.0. The van der Waals surface area contributed by atoms with Crippen molar-refractivity contribution in [3.8, 4) is 34.0 Å². The van der Waals surface area contributed by atoms with Gasteiger partial charge in [-0.05, 0) is 67.6 Å². The molecule has 1 amide bonds. The molecule has 0 bridgehead atoms. The number of nitrogens with zero attached hydrogens (tertiary/aromatic N) is 2. The molecular weight excluding hydrogens is 436 g/mol. The summed E-state index contributed by atoms with van der Waals surface area (Å²) in [5.41, 5.74) is 3.56. The van der Waals surface area contributed by atoms with Crippen LogP contribution in [0.3, 0.4) is 0 Å². The van der Waals surface area contributed by atoms with Crippen LogP contribution in [0.25, 0.3) is 22.5 Å². The van der Waals surface area contributed by atoms with E-state index in [2.05, 4.69) is 15.3 Å². The van der Waals surface area contributed by atoms with Crippen molar-refractivity contribution in [3.63, 3.8) is 0 Å². The predicted octanol–water partition coefficient (Wildman–Crippen LogP) is 5.28. The lowest BCUT2D eigenvalue weighted by Crippen LogP contribution is -2.23. The Morgan fingerprint density at radius 1 is 0.939 bits per heavy atom. The molecule has 33 heavy (non-hydrogen) atoms. The number of thioether (sulfide) groups is 1. The Kier molecular flexibility index (Phi) is 6.95. The summed E-state index contributed by atoms with van der Waals surface area (Å²) in [6.07, 6.45) is 1.64. The zero-order valence-corrected chi connectivity index (χ0v) is 19.3. The maximum atomic E-state index is 12.6. The van der Waals surface area contributed by atoms with Crippen LogP contribution in [0, 0.1) is 0 Å². The summed E-state index contributed by atoms with van der Waals surface area (Å²) in [5, 5.41) is 3.10. The Hall–Kier alpha value is -3.78. The second-order valence-corrected chi connectivity index (χ2v) is 8.52. The van der Waals surface area contributed by atoms with E-state index in [-0.39, 0.29) is 11.2 Å². The summed E-state index contributed by atoms with van der Waals surface area (Å²) in [6.45, 7) is 1.84. The minimum absolute atomic E-state index is 0.146. The number of aromatic nitrogens is 3. The van der Waals surface area contributed by atoms with Gasteiger partial charge in [0.2, 0.25) is 5.91 Å². The normalized spacial score (nSPS) is 11.6. The summed E-state index contributed by atoms with van der Waals surface area (Å²) in [5.74, 6) is 1.92. The largest absolute Gasteiger partial charge is 0.497 e. The van der Waals surface area contributed by atoms with E-state index >= 15 is 0 Å². The molecule has 1 unspecified atom stereocenters. The first kappa shape index (κ1) is 22.4. The molecule has 0 aliphatic rings. The van der Waals surface area contributed by atoms with E-state index in [1.807, 2.05) is 61.5 Å². The maximum absolute atomic E-state index is 12.6. The minimum atomic E-state index is -0.384. The first-order valence-corrected chi connectivity index (χ1v) is 11.2. The molecule has 0 aliphatic heterocycles. The number of H-pyrrole nitrogens is 1. The number of hydrogen-bond donors (Lipinski definition) is 2. The highest BCUT2D eigenvalue weighted by Crippen LogP contribution is 2.35. The van der Waals surface area contributed by atoms with Gasteiger partial charge in [0.15, 0.2) is 5.16 Å². The topological polar surface area (TPSA) is 89.1 Å². The summed E-state index contributed by atoms with van der Waals surface area (Å²) >= 11 is 1.35. The predicted molar refractivity (Wildman–Crippen MR) is 131 cm³/mol. The molecule has 1 atom stereocenters. The second-order valence-electron chi connectivity index (χ2n) is 7.19. The number of rotatable bonds is 8. The molecule has 0 spiro atoms. The molecule has 0 aliphatic carbocycles. The van der Waals surface area contributed by atoms with E-state index in [1.165, 1.54) is 11.8 Å². The average molecular weight is 461 g/mol. The molecule has 7 nitrogen and oxygen atoms in total. The van der Waals surface area contributed by atoms with Gasteiger partial charge >= 0.3 is 0 Å². The molecule has 0 radical (unpaired) electrons. The first-order chi connectivity index (χ1) is 16.1. The molecule has 2 heterocycles. The van der Waals surface area contributed by atoms with Crippen LogP contribution in [0.2, 0.25) is 0 Å². The van der Waals surface area contributed by atoms with E-state index < -0.39 is 0 Å². The molecule has 8 heteroatoms. The Morgan fingerprint density at radius 3 is 2.15 bits per heavy atom. The van der Waals surface area contributed by atoms with Gasteiger partial charge in [0, 0.05) is 17.3 Å². The van der Waals surface area contributed by atoms with Gasteiger partial charge in [-0.3, -0.25) is 4.79 Å². The Labute approximate surface area is 196 Å². The monoisotopic (exact) mass is 460 g/mol. The molecular formula is C25H24N4O3S. The van der Waals surface area contributed by atoms with Crippen molar-refractivity contribution in [2.75, 3.05) is 19.5 Å². The molecule has 2 N–H and O–H groups in total. The highest BCUT2D eigenvalue weighted by molar-refractivity contribution is 8.00. The number of methoxy groups -OCH3 is 2. The number of nitrogens with one attached hydrogen (secondary N) is 2. The van der Waals surface area contributed by atoms with Gasteiger partial charge in [0.25, 0.3) is 0 Å². The molecule has 4 aromatic rings. The first-order valence-electron chi connectivity index (χ1n) is 10.3. The van der Waals surface area contributed by atoms with Crippen LogP contribution in [-0.4, -0.2) is 40.3 Å². The van der Waals surface area contributed by atoms with Crippen molar-refractivity contribution < 1.29 is 14.3 Å². The molecule has 2 aromatic heterocycles. The van der Waals surface area contributed by atoms with Crippen LogP contribution in [0.5, 0.6) is 11.5 Å². The zero-order chi connectivity index (χ0) is 23.2. The summed E-state index contributed by atoms with van der Waals surface area (Å²) < 4.78 is 10.6. The van der Waals surface area contributed by atoms with E-state index in [1.54, 1.807) is 32.5 Å². The van der Waals surface area contributed by atoms with Crippen molar-refractivity contribution >= 4 is 23.5 Å². The number of carbonyl (C=O) groups excluding carboxylic acids is 1. The van der Waals surface area contributed by atoms with Gasteiger partial charge in [-0.2, -0.15) is 0 Å². The van der Waals surface area contributed by atoms with Gasteiger partial charge in [0.1, 0.15) is 17.3 Å². The van der Waals surface area contributed by atoms with E-state index in [0.717, 1.165) is 34.0 Å². The molecule has 2 aromatic carbocycles. The van der Waals surface area contributed by atoms with Gasteiger partial charge < -0.3 is 19.8 Å². The average Bonchev–Trinajstić information content (AvgIpc) is 3.28. The number of aromatic amines is 1. The number of hydrogen-bond acceptors (Lipinski definition) is 6. The number of pyridine rings is 1. The Balaban J connectivity index is 1.62. The van der Waals surface area contributed by atoms with Crippen molar-refractivity contribution in [3.05, 3.63) is 72.9 Å². The van der Waals surface area contributed by atoms with E-state index in [9.17, 15) is 4.79 Å². The van der Waals surface area contributed by atoms with Crippen LogP contribution in [0.4, 0.5) is 5.82 Å². The smallest absolute Gasteiger partial charge is 0.238 e. The quantitative estimate of drug-likeness (QED) is 0.348. The second kappa shape index (κ2) is 10.2. The summed E-state index contributed by atoms with van der Waals surface area (Å²) in [4.78, 5) is 25.0. The van der Waals surface area contributed by atoms with E-state index in [4.69, 9.17) is 14.5 Å². The third kappa shape index (κ3) is 5.35. The van der Waals surface area contributed by atoms with Crippen LogP contribution >= 0.6 is 11.8 Å². The number of carbonyl (C=O) groups is 1. The number of benzene rings is 2. The Bertz CT molecular complexity index is 1140. The fraction of sp³-hybridized carbons (Fsp3) is 0.160. The van der Waals surface area contributed by atoms with Gasteiger partial charge in [-0.25, -0.2) is 9.97 Å². The number of amides is 1. The molecule has 0 saturated heterocycles.